The Morgan fingerprint density at radius 1 is 1.04 bits per heavy atom. The van der Waals surface area contributed by atoms with E-state index in [2.05, 4.69) is 19.2 Å². The number of nitrogens with one attached hydrogen (secondary N) is 1. The zero-order valence-electron chi connectivity index (χ0n) is 14.4. The fraction of sp³-hybridized carbons (Fsp3) is 0.300. The first-order valence-electron chi connectivity index (χ1n) is 8.46. The van der Waals surface area contributed by atoms with E-state index < -0.39 is 6.04 Å². The van der Waals surface area contributed by atoms with Crippen LogP contribution >= 0.6 is 0 Å². The normalized spacial score (nSPS) is 17.1. The standard InChI is InChI=1S/C20H22N2O3/c1-14(2)15-8-10-17(11-9-15)25-13-12-22-19(23)18(21-20(22)24)16-6-4-3-5-7-16/h3-11,14,18H,12-13H2,1-2H3,(H,21,24). The minimum atomic E-state index is -0.612. The Morgan fingerprint density at radius 3 is 2.36 bits per heavy atom. The smallest absolute Gasteiger partial charge is 0.325 e. The van der Waals surface area contributed by atoms with Gasteiger partial charge < -0.3 is 10.1 Å². The summed E-state index contributed by atoms with van der Waals surface area (Å²) in [7, 11) is 0. The number of hydrogen-bond donors (Lipinski definition) is 1. The van der Waals surface area contributed by atoms with Crippen molar-refractivity contribution in [2.75, 3.05) is 13.2 Å². The largest absolute Gasteiger partial charge is 0.492 e. The van der Waals surface area contributed by atoms with Gasteiger partial charge in [-0.15, -0.1) is 0 Å². The molecular formula is C20H22N2O3. The van der Waals surface area contributed by atoms with Crippen molar-refractivity contribution in [2.24, 2.45) is 0 Å². The summed E-state index contributed by atoms with van der Waals surface area (Å²) in [4.78, 5) is 25.7. The lowest BCUT2D eigenvalue weighted by Crippen LogP contribution is -2.34. The van der Waals surface area contributed by atoms with Crippen LogP contribution in [0.25, 0.3) is 0 Å². The highest BCUT2D eigenvalue weighted by Crippen LogP contribution is 2.22. The predicted octanol–water partition coefficient (Wildman–Crippen LogP) is 3.48. The number of carbonyl (C=O) groups is 2. The van der Waals surface area contributed by atoms with Gasteiger partial charge in [0.05, 0.1) is 6.54 Å². The minimum absolute atomic E-state index is 0.222. The van der Waals surface area contributed by atoms with E-state index in [4.69, 9.17) is 4.74 Å². The zero-order valence-corrected chi connectivity index (χ0v) is 14.4. The van der Waals surface area contributed by atoms with Crippen LogP contribution in [0.2, 0.25) is 0 Å². The van der Waals surface area contributed by atoms with E-state index in [1.54, 1.807) is 0 Å². The van der Waals surface area contributed by atoms with Crippen LogP contribution in [0.4, 0.5) is 4.79 Å². The maximum Gasteiger partial charge on any atom is 0.325 e. The lowest BCUT2D eigenvalue weighted by Gasteiger charge is -2.14. The maximum atomic E-state index is 12.5. The summed E-state index contributed by atoms with van der Waals surface area (Å²) in [5.41, 5.74) is 2.03. The first kappa shape index (κ1) is 17.0. The van der Waals surface area contributed by atoms with Gasteiger partial charge >= 0.3 is 6.03 Å². The summed E-state index contributed by atoms with van der Waals surface area (Å²) >= 11 is 0. The number of urea groups is 1. The number of benzene rings is 2. The number of hydrogen-bond acceptors (Lipinski definition) is 3. The van der Waals surface area contributed by atoms with Gasteiger partial charge in [-0.3, -0.25) is 9.69 Å². The Balaban J connectivity index is 1.56. The molecule has 130 valence electrons. The molecule has 1 atom stereocenters. The molecule has 25 heavy (non-hydrogen) atoms. The summed E-state index contributed by atoms with van der Waals surface area (Å²) in [6, 6.07) is 16.1. The van der Waals surface area contributed by atoms with Crippen LogP contribution in [-0.4, -0.2) is 30.0 Å². The van der Waals surface area contributed by atoms with Gasteiger partial charge in [0.25, 0.3) is 5.91 Å². The van der Waals surface area contributed by atoms with Crippen LogP contribution in [0.1, 0.15) is 36.9 Å². The van der Waals surface area contributed by atoms with Crippen molar-refractivity contribution < 1.29 is 14.3 Å². The minimum Gasteiger partial charge on any atom is -0.492 e. The molecule has 1 saturated heterocycles. The Labute approximate surface area is 147 Å². The van der Waals surface area contributed by atoms with E-state index in [0.717, 1.165) is 11.3 Å². The van der Waals surface area contributed by atoms with E-state index >= 15 is 0 Å². The van der Waals surface area contributed by atoms with Crippen LogP contribution in [-0.2, 0) is 4.79 Å². The van der Waals surface area contributed by atoms with Gasteiger partial charge in [-0.05, 0) is 29.2 Å². The molecule has 0 spiro atoms. The molecule has 5 heteroatoms. The van der Waals surface area contributed by atoms with Gasteiger partial charge in [0, 0.05) is 0 Å². The fourth-order valence-electron chi connectivity index (χ4n) is 2.81. The lowest BCUT2D eigenvalue weighted by molar-refractivity contribution is -0.127. The van der Waals surface area contributed by atoms with E-state index in [1.165, 1.54) is 10.5 Å². The lowest BCUT2D eigenvalue weighted by atomic mass is 10.0. The molecule has 0 aromatic heterocycles. The molecule has 3 amide bonds. The molecule has 2 aromatic carbocycles. The third-order valence-electron chi connectivity index (χ3n) is 4.29. The van der Waals surface area contributed by atoms with Crippen molar-refractivity contribution in [1.29, 1.82) is 0 Å². The van der Waals surface area contributed by atoms with Crippen molar-refractivity contribution in [3.63, 3.8) is 0 Å². The van der Waals surface area contributed by atoms with Crippen LogP contribution in [0.5, 0.6) is 5.75 Å². The van der Waals surface area contributed by atoms with Crippen LogP contribution < -0.4 is 10.1 Å². The molecule has 0 aliphatic carbocycles. The first-order valence-corrected chi connectivity index (χ1v) is 8.46. The highest BCUT2D eigenvalue weighted by molar-refractivity contribution is 6.04. The highest BCUT2D eigenvalue weighted by atomic mass is 16.5. The molecule has 0 bridgehead atoms. The molecule has 1 unspecified atom stereocenters. The van der Waals surface area contributed by atoms with E-state index in [0.29, 0.717) is 5.92 Å². The van der Waals surface area contributed by atoms with Gasteiger partial charge in [-0.1, -0.05) is 56.3 Å². The number of imide groups is 1. The Morgan fingerprint density at radius 2 is 1.72 bits per heavy atom. The quantitative estimate of drug-likeness (QED) is 0.820. The zero-order chi connectivity index (χ0) is 17.8. The van der Waals surface area contributed by atoms with Crippen LogP contribution in [0.3, 0.4) is 0 Å². The molecule has 2 aromatic rings. The number of amides is 3. The van der Waals surface area contributed by atoms with Gasteiger partial charge in [-0.25, -0.2) is 4.79 Å². The van der Waals surface area contributed by atoms with Crippen molar-refractivity contribution in [3.05, 3.63) is 65.7 Å². The molecule has 1 aliphatic heterocycles. The molecule has 5 nitrogen and oxygen atoms in total. The summed E-state index contributed by atoms with van der Waals surface area (Å²) in [5, 5.41) is 2.72. The Kier molecular flexibility index (Phi) is 5.03. The fourth-order valence-corrected chi connectivity index (χ4v) is 2.81. The van der Waals surface area contributed by atoms with Crippen molar-refractivity contribution >= 4 is 11.9 Å². The van der Waals surface area contributed by atoms with Crippen molar-refractivity contribution in [2.45, 2.75) is 25.8 Å². The predicted molar refractivity (Wildman–Crippen MR) is 95.5 cm³/mol. The molecule has 1 aliphatic rings. The average molecular weight is 338 g/mol. The van der Waals surface area contributed by atoms with Gasteiger partial charge in [-0.2, -0.15) is 0 Å². The van der Waals surface area contributed by atoms with Crippen molar-refractivity contribution in [1.82, 2.24) is 10.2 Å². The summed E-state index contributed by atoms with van der Waals surface area (Å²) in [5.74, 6) is 0.959. The monoisotopic (exact) mass is 338 g/mol. The highest BCUT2D eigenvalue weighted by Gasteiger charge is 2.38. The van der Waals surface area contributed by atoms with E-state index in [-0.39, 0.29) is 25.1 Å². The summed E-state index contributed by atoms with van der Waals surface area (Å²) < 4.78 is 5.67. The van der Waals surface area contributed by atoms with Crippen LogP contribution in [0.15, 0.2) is 54.6 Å². The number of ether oxygens (including phenoxy) is 1. The second kappa shape index (κ2) is 7.38. The van der Waals surface area contributed by atoms with E-state index in [9.17, 15) is 9.59 Å². The number of rotatable bonds is 6. The molecule has 1 fully saturated rings. The van der Waals surface area contributed by atoms with E-state index in [1.807, 2.05) is 54.6 Å². The molecular weight excluding hydrogens is 316 g/mol. The summed E-state index contributed by atoms with van der Waals surface area (Å²) in [6.07, 6.45) is 0. The Bertz CT molecular complexity index is 741. The number of nitrogens with zero attached hydrogens (tertiary/aromatic N) is 1. The SMILES string of the molecule is CC(C)c1ccc(OCCN2C(=O)NC(c3ccccc3)C2=O)cc1. The first-order chi connectivity index (χ1) is 12.1. The third-order valence-corrected chi connectivity index (χ3v) is 4.29. The molecule has 1 heterocycles. The number of carbonyl (C=O) groups excluding carboxylic acids is 2. The molecule has 0 radical (unpaired) electrons. The summed E-state index contributed by atoms with van der Waals surface area (Å²) in [6.45, 7) is 4.76. The molecule has 3 rings (SSSR count). The second-order valence-electron chi connectivity index (χ2n) is 6.36. The maximum absolute atomic E-state index is 12.5. The van der Waals surface area contributed by atoms with Gasteiger partial charge in [0.1, 0.15) is 18.4 Å². The molecule has 1 N–H and O–H groups in total. The van der Waals surface area contributed by atoms with Gasteiger partial charge in [0.2, 0.25) is 0 Å². The second-order valence-corrected chi connectivity index (χ2v) is 6.36. The third kappa shape index (κ3) is 3.82. The topological polar surface area (TPSA) is 58.6 Å². The van der Waals surface area contributed by atoms with Crippen LogP contribution in [0, 0.1) is 0 Å². The Hall–Kier alpha value is -2.82. The van der Waals surface area contributed by atoms with Crippen molar-refractivity contribution in [3.8, 4) is 5.75 Å². The molecule has 0 saturated carbocycles. The average Bonchev–Trinajstić information content (AvgIpc) is 2.91. The van der Waals surface area contributed by atoms with Gasteiger partial charge in [0.15, 0.2) is 0 Å².